The molecule has 2 fully saturated rings. The first-order valence-corrected chi connectivity index (χ1v) is 8.24. The Morgan fingerprint density at radius 1 is 1.27 bits per heavy atom. The number of nitrogens with zero attached hydrogens (tertiary/aromatic N) is 3. The van der Waals surface area contributed by atoms with Gasteiger partial charge < -0.3 is 10.0 Å². The van der Waals surface area contributed by atoms with Crippen LogP contribution in [0.25, 0.3) is 0 Å². The molecule has 6 heteroatoms. The summed E-state index contributed by atoms with van der Waals surface area (Å²) in [5, 5.41) is 16.5. The molecule has 2 aliphatic rings. The van der Waals surface area contributed by atoms with E-state index in [1.807, 2.05) is 18.7 Å². The summed E-state index contributed by atoms with van der Waals surface area (Å²) < 4.78 is 0. The maximum absolute atomic E-state index is 13.0. The minimum absolute atomic E-state index is 0.0434. The number of aromatic nitrogens is 2. The number of hydrogen-bond acceptors (Lipinski definition) is 4. The van der Waals surface area contributed by atoms with Crippen molar-refractivity contribution in [2.75, 3.05) is 26.2 Å². The lowest BCUT2D eigenvalue weighted by Gasteiger charge is -2.44. The van der Waals surface area contributed by atoms with Gasteiger partial charge in [0.15, 0.2) is 0 Å². The summed E-state index contributed by atoms with van der Waals surface area (Å²) in [5.74, 6) is 0.212. The highest BCUT2D eigenvalue weighted by atomic mass is 16.3. The van der Waals surface area contributed by atoms with Crippen molar-refractivity contribution in [2.24, 2.45) is 0 Å². The van der Waals surface area contributed by atoms with Gasteiger partial charge in [-0.15, -0.1) is 0 Å². The lowest BCUT2D eigenvalue weighted by atomic mass is 9.85. The molecule has 0 radical (unpaired) electrons. The molecule has 6 nitrogen and oxygen atoms in total. The monoisotopic (exact) mass is 306 g/mol. The van der Waals surface area contributed by atoms with Gasteiger partial charge in [0, 0.05) is 30.9 Å². The van der Waals surface area contributed by atoms with E-state index in [9.17, 15) is 9.90 Å². The van der Waals surface area contributed by atoms with E-state index in [0.29, 0.717) is 6.54 Å². The Balaban J connectivity index is 1.84. The van der Waals surface area contributed by atoms with Crippen molar-refractivity contribution in [1.29, 1.82) is 0 Å². The second kappa shape index (κ2) is 6.01. The fourth-order valence-electron chi connectivity index (χ4n) is 4.09. The third kappa shape index (κ3) is 2.44. The number of likely N-dealkylation sites (tertiary alicyclic amines) is 2. The molecule has 1 spiro atoms. The summed E-state index contributed by atoms with van der Waals surface area (Å²) in [7, 11) is 0. The molecular weight excluding hydrogens is 280 g/mol. The van der Waals surface area contributed by atoms with Crippen molar-refractivity contribution in [2.45, 2.75) is 51.6 Å². The van der Waals surface area contributed by atoms with Gasteiger partial charge in [-0.25, -0.2) is 0 Å². The first-order valence-electron chi connectivity index (χ1n) is 8.24. The second-order valence-corrected chi connectivity index (χ2v) is 6.59. The van der Waals surface area contributed by atoms with Gasteiger partial charge in [0.05, 0.1) is 12.3 Å². The Morgan fingerprint density at radius 2 is 2.00 bits per heavy atom. The third-order valence-corrected chi connectivity index (χ3v) is 5.33. The highest BCUT2D eigenvalue weighted by molar-refractivity contribution is 5.87. The Morgan fingerprint density at radius 3 is 2.64 bits per heavy atom. The van der Waals surface area contributed by atoms with Gasteiger partial charge >= 0.3 is 0 Å². The van der Waals surface area contributed by atoms with Crippen LogP contribution < -0.4 is 0 Å². The van der Waals surface area contributed by atoms with Crippen LogP contribution in [0.4, 0.5) is 0 Å². The van der Waals surface area contributed by atoms with Crippen molar-refractivity contribution in [3.05, 3.63) is 17.0 Å². The molecule has 0 aromatic carbocycles. The number of hydrogen-bond donors (Lipinski definition) is 2. The second-order valence-electron chi connectivity index (χ2n) is 6.59. The summed E-state index contributed by atoms with van der Waals surface area (Å²) in [6.45, 7) is 7.08. The normalized spacial score (nSPS) is 26.3. The van der Waals surface area contributed by atoms with Crippen molar-refractivity contribution in [1.82, 2.24) is 20.0 Å². The molecule has 1 aromatic rings. The molecule has 1 aromatic heterocycles. The minimum atomic E-state index is -0.358. The number of amides is 1. The van der Waals surface area contributed by atoms with E-state index in [-0.39, 0.29) is 18.1 Å². The molecular formula is C16H26N4O2. The van der Waals surface area contributed by atoms with Crippen molar-refractivity contribution in [3.8, 4) is 0 Å². The van der Waals surface area contributed by atoms with Crippen molar-refractivity contribution >= 4 is 5.91 Å². The average molecular weight is 306 g/mol. The van der Waals surface area contributed by atoms with Gasteiger partial charge in [-0.3, -0.25) is 14.8 Å². The van der Waals surface area contributed by atoms with Crippen LogP contribution >= 0.6 is 0 Å². The van der Waals surface area contributed by atoms with Gasteiger partial charge in [0.25, 0.3) is 0 Å². The number of aromatic amines is 1. The van der Waals surface area contributed by atoms with E-state index < -0.39 is 0 Å². The van der Waals surface area contributed by atoms with Gasteiger partial charge in [-0.1, -0.05) is 0 Å². The number of carbonyl (C=O) groups is 1. The quantitative estimate of drug-likeness (QED) is 0.869. The summed E-state index contributed by atoms with van der Waals surface area (Å²) in [4.78, 5) is 17.2. The number of aliphatic hydroxyl groups is 1. The molecule has 3 rings (SSSR count). The maximum Gasteiger partial charge on any atom is 0.243 e. The van der Waals surface area contributed by atoms with E-state index >= 15 is 0 Å². The van der Waals surface area contributed by atoms with Crippen molar-refractivity contribution in [3.63, 3.8) is 0 Å². The highest BCUT2D eigenvalue weighted by Gasteiger charge is 2.50. The van der Waals surface area contributed by atoms with Crippen LogP contribution in [0.5, 0.6) is 0 Å². The summed E-state index contributed by atoms with van der Waals surface area (Å²) in [5.41, 5.74) is 2.97. The number of nitrogens with one attached hydrogen (secondary N) is 1. The molecule has 0 aliphatic carbocycles. The molecule has 1 amide bonds. The van der Waals surface area contributed by atoms with E-state index in [2.05, 4.69) is 15.1 Å². The molecule has 2 aliphatic heterocycles. The number of aryl methyl sites for hydroxylation is 2. The first-order chi connectivity index (χ1) is 10.6. The Kier molecular flexibility index (Phi) is 4.23. The minimum Gasteiger partial charge on any atom is -0.395 e. The van der Waals surface area contributed by atoms with Gasteiger partial charge in [-0.05, 0) is 46.1 Å². The van der Waals surface area contributed by atoms with E-state index in [1.165, 1.54) is 5.56 Å². The van der Waals surface area contributed by atoms with Crippen LogP contribution in [0.3, 0.4) is 0 Å². The predicted octanol–water partition coefficient (Wildman–Crippen LogP) is 0.976. The third-order valence-electron chi connectivity index (χ3n) is 5.33. The summed E-state index contributed by atoms with van der Waals surface area (Å²) in [6.07, 6.45) is 3.95. The van der Waals surface area contributed by atoms with Crippen LogP contribution in [-0.4, -0.2) is 62.8 Å². The summed E-state index contributed by atoms with van der Waals surface area (Å²) >= 11 is 0. The molecule has 0 saturated carbocycles. The smallest absolute Gasteiger partial charge is 0.243 e. The fourth-order valence-corrected chi connectivity index (χ4v) is 4.09. The van der Waals surface area contributed by atoms with Crippen LogP contribution in [0.15, 0.2) is 0 Å². The van der Waals surface area contributed by atoms with Crippen LogP contribution in [0, 0.1) is 13.8 Å². The number of aliphatic hydroxyl groups excluding tert-OH is 1. The molecule has 1 atom stereocenters. The Labute approximate surface area is 131 Å². The largest absolute Gasteiger partial charge is 0.395 e. The lowest BCUT2D eigenvalue weighted by molar-refractivity contribution is -0.148. The molecule has 2 N–H and O–H groups in total. The molecule has 0 bridgehead atoms. The molecule has 122 valence electrons. The SMILES string of the molecule is Cc1n[nH]c(C)c1CN1CCCC12CCCN(CCO)C2=O. The zero-order valence-corrected chi connectivity index (χ0v) is 13.6. The van der Waals surface area contributed by atoms with E-state index in [0.717, 1.165) is 56.7 Å². The lowest BCUT2D eigenvalue weighted by Crippen LogP contribution is -2.60. The number of rotatable bonds is 4. The zero-order chi connectivity index (χ0) is 15.7. The molecule has 3 heterocycles. The average Bonchev–Trinajstić information content (AvgIpc) is 3.04. The Hall–Kier alpha value is -1.40. The molecule has 2 saturated heterocycles. The summed E-state index contributed by atoms with van der Waals surface area (Å²) in [6, 6.07) is 0. The van der Waals surface area contributed by atoms with E-state index in [1.54, 1.807) is 0 Å². The van der Waals surface area contributed by atoms with Gasteiger partial charge in [-0.2, -0.15) is 5.10 Å². The van der Waals surface area contributed by atoms with Crippen LogP contribution in [0.1, 0.15) is 42.6 Å². The number of carbonyl (C=O) groups excluding carboxylic acids is 1. The highest BCUT2D eigenvalue weighted by Crippen LogP contribution is 2.39. The molecule has 1 unspecified atom stereocenters. The first kappa shape index (κ1) is 15.5. The molecule has 22 heavy (non-hydrogen) atoms. The van der Waals surface area contributed by atoms with Gasteiger partial charge in [0.2, 0.25) is 5.91 Å². The van der Waals surface area contributed by atoms with Crippen LogP contribution in [0.2, 0.25) is 0 Å². The maximum atomic E-state index is 13.0. The fraction of sp³-hybridized carbons (Fsp3) is 0.750. The number of H-pyrrole nitrogens is 1. The zero-order valence-electron chi connectivity index (χ0n) is 13.6. The van der Waals surface area contributed by atoms with Crippen molar-refractivity contribution < 1.29 is 9.90 Å². The van der Waals surface area contributed by atoms with Gasteiger partial charge in [0.1, 0.15) is 5.54 Å². The Bertz CT molecular complexity index is 535. The predicted molar refractivity (Wildman–Crippen MR) is 83.3 cm³/mol. The standard InChI is InChI=1S/C16H26N4O2/c1-12-14(13(2)18-17-12)11-20-8-4-6-16(20)5-3-7-19(9-10-21)15(16)22/h21H,3-11H2,1-2H3,(H,17,18). The number of piperidine rings is 1. The van der Waals surface area contributed by atoms with E-state index in [4.69, 9.17) is 0 Å². The topological polar surface area (TPSA) is 72.5 Å². The van der Waals surface area contributed by atoms with Crippen LogP contribution in [-0.2, 0) is 11.3 Å². The number of β-amino-alcohol motifs (C(OH)–C–C–N with tert-alkyl or cyclic N) is 1.